The second kappa shape index (κ2) is 7.55. The predicted molar refractivity (Wildman–Crippen MR) is 106 cm³/mol. The van der Waals surface area contributed by atoms with Crippen LogP contribution in [0, 0.1) is 0 Å². The highest BCUT2D eigenvalue weighted by Crippen LogP contribution is 2.36. The molecule has 3 rings (SSSR count). The summed E-state index contributed by atoms with van der Waals surface area (Å²) in [7, 11) is 0. The number of hydrogen-bond donors (Lipinski definition) is 2. The third-order valence-corrected chi connectivity index (χ3v) is 4.92. The summed E-state index contributed by atoms with van der Waals surface area (Å²) in [6, 6.07) is 13.6. The molecule has 0 radical (unpaired) electrons. The minimum Gasteiger partial charge on any atom is -0.507 e. The quantitative estimate of drug-likeness (QED) is 0.613. The van der Waals surface area contributed by atoms with Crippen molar-refractivity contribution in [2.24, 2.45) is 0 Å². The summed E-state index contributed by atoms with van der Waals surface area (Å²) in [6.07, 6.45) is 5.32. The van der Waals surface area contributed by atoms with Crippen LogP contribution in [0.1, 0.15) is 15.9 Å². The summed E-state index contributed by atoms with van der Waals surface area (Å²) >= 11 is 6.40. The van der Waals surface area contributed by atoms with E-state index in [-0.39, 0.29) is 11.5 Å². The highest BCUT2D eigenvalue weighted by Gasteiger charge is 2.33. The molecule has 1 amide bonds. The SMILES string of the molecule is O=C(O)c1ccc(N2C(=O)C(=CC=Cc3ccccc3)SC2=S)cc1O. The molecule has 26 heavy (non-hydrogen) atoms. The first-order valence-electron chi connectivity index (χ1n) is 7.53. The van der Waals surface area contributed by atoms with Gasteiger partial charge in [-0.15, -0.1) is 0 Å². The van der Waals surface area contributed by atoms with Crippen LogP contribution >= 0.6 is 24.0 Å². The molecule has 1 saturated heterocycles. The number of anilines is 1. The fourth-order valence-corrected chi connectivity index (χ4v) is 3.61. The lowest BCUT2D eigenvalue weighted by Crippen LogP contribution is -2.27. The number of aromatic carboxylic acids is 1. The maximum atomic E-state index is 12.6. The van der Waals surface area contributed by atoms with Crippen molar-refractivity contribution in [1.29, 1.82) is 0 Å². The van der Waals surface area contributed by atoms with Crippen LogP contribution < -0.4 is 4.90 Å². The van der Waals surface area contributed by atoms with Gasteiger partial charge in [-0.1, -0.05) is 66.5 Å². The maximum Gasteiger partial charge on any atom is 0.339 e. The molecule has 5 nitrogen and oxygen atoms in total. The zero-order valence-corrected chi connectivity index (χ0v) is 15.0. The normalized spacial score (nSPS) is 16.0. The molecule has 2 aromatic carbocycles. The van der Waals surface area contributed by atoms with E-state index in [4.69, 9.17) is 17.3 Å². The first-order valence-corrected chi connectivity index (χ1v) is 8.76. The Labute approximate surface area is 159 Å². The highest BCUT2D eigenvalue weighted by molar-refractivity contribution is 8.27. The summed E-state index contributed by atoms with van der Waals surface area (Å²) in [4.78, 5) is 25.3. The van der Waals surface area contributed by atoms with Gasteiger partial charge in [0.25, 0.3) is 5.91 Å². The summed E-state index contributed by atoms with van der Waals surface area (Å²) in [5, 5.41) is 18.8. The number of amides is 1. The van der Waals surface area contributed by atoms with Gasteiger partial charge in [0.15, 0.2) is 4.32 Å². The Morgan fingerprint density at radius 3 is 2.54 bits per heavy atom. The van der Waals surface area contributed by atoms with E-state index in [1.807, 2.05) is 36.4 Å². The Hall–Kier alpha value is -2.90. The minimum atomic E-state index is -1.25. The molecule has 130 valence electrons. The van der Waals surface area contributed by atoms with Crippen LogP contribution in [0.25, 0.3) is 6.08 Å². The van der Waals surface area contributed by atoms with E-state index < -0.39 is 11.7 Å². The average molecular weight is 383 g/mol. The molecular formula is C19H13NO4S2. The molecule has 0 aromatic heterocycles. The number of thiocarbonyl (C=S) groups is 1. The van der Waals surface area contributed by atoms with Crippen LogP contribution in [-0.4, -0.2) is 26.4 Å². The van der Waals surface area contributed by atoms with E-state index in [2.05, 4.69) is 0 Å². The number of phenols is 1. The molecule has 1 heterocycles. The van der Waals surface area contributed by atoms with Gasteiger partial charge in [-0.25, -0.2) is 4.79 Å². The van der Waals surface area contributed by atoms with Crippen molar-refractivity contribution >= 4 is 51.9 Å². The number of rotatable bonds is 4. The van der Waals surface area contributed by atoms with Gasteiger partial charge in [0.05, 0.1) is 10.6 Å². The molecular weight excluding hydrogens is 370 g/mol. The van der Waals surface area contributed by atoms with Crippen LogP contribution in [0.4, 0.5) is 5.69 Å². The summed E-state index contributed by atoms with van der Waals surface area (Å²) in [6.45, 7) is 0. The van der Waals surface area contributed by atoms with Crippen molar-refractivity contribution in [3.05, 3.63) is 76.7 Å². The van der Waals surface area contributed by atoms with Crippen LogP contribution in [0.5, 0.6) is 5.75 Å². The molecule has 0 unspecified atom stereocenters. The fourth-order valence-electron chi connectivity index (χ4n) is 2.36. The molecule has 0 saturated carbocycles. The highest BCUT2D eigenvalue weighted by atomic mass is 32.2. The van der Waals surface area contributed by atoms with Crippen molar-refractivity contribution in [2.75, 3.05) is 4.90 Å². The predicted octanol–water partition coefficient (Wildman–Crippen LogP) is 4.05. The van der Waals surface area contributed by atoms with Crippen LogP contribution in [0.2, 0.25) is 0 Å². The van der Waals surface area contributed by atoms with E-state index in [0.29, 0.717) is 14.9 Å². The van der Waals surface area contributed by atoms with Crippen LogP contribution in [0.3, 0.4) is 0 Å². The smallest absolute Gasteiger partial charge is 0.339 e. The van der Waals surface area contributed by atoms with Gasteiger partial charge in [-0.05, 0) is 23.8 Å². The van der Waals surface area contributed by atoms with E-state index in [1.165, 1.54) is 23.1 Å². The topological polar surface area (TPSA) is 77.8 Å². The van der Waals surface area contributed by atoms with Gasteiger partial charge < -0.3 is 10.2 Å². The van der Waals surface area contributed by atoms with E-state index >= 15 is 0 Å². The molecule has 0 bridgehead atoms. The number of nitrogens with zero attached hydrogens (tertiary/aromatic N) is 1. The molecule has 2 N–H and O–H groups in total. The molecule has 0 atom stereocenters. The second-order valence-electron chi connectivity index (χ2n) is 5.32. The molecule has 2 aromatic rings. The second-order valence-corrected chi connectivity index (χ2v) is 6.99. The third-order valence-electron chi connectivity index (χ3n) is 3.60. The van der Waals surface area contributed by atoms with Gasteiger partial charge in [0.1, 0.15) is 11.3 Å². The van der Waals surface area contributed by atoms with E-state index in [9.17, 15) is 14.7 Å². The van der Waals surface area contributed by atoms with E-state index in [0.717, 1.165) is 17.3 Å². The number of carboxylic acid groups (broad SMARTS) is 1. The summed E-state index contributed by atoms with van der Waals surface area (Å²) in [5.41, 5.74) is 1.10. The lowest BCUT2D eigenvalue weighted by Gasteiger charge is -2.15. The largest absolute Gasteiger partial charge is 0.507 e. The Bertz CT molecular complexity index is 951. The summed E-state index contributed by atoms with van der Waals surface area (Å²) < 4.78 is 0.317. The number of thioether (sulfide) groups is 1. The number of carboxylic acids is 1. The molecule has 0 spiro atoms. The van der Waals surface area contributed by atoms with Crippen molar-refractivity contribution in [3.8, 4) is 5.75 Å². The van der Waals surface area contributed by atoms with Gasteiger partial charge in [0.2, 0.25) is 0 Å². The minimum absolute atomic E-state index is 0.236. The number of carbonyl (C=O) groups excluding carboxylic acids is 1. The standard InChI is InChI=1S/C19H13NO4S2/c21-15-11-13(9-10-14(15)18(23)24)20-17(22)16(26-19(20)25)8-4-7-12-5-2-1-3-6-12/h1-11,21H,(H,23,24). The van der Waals surface area contributed by atoms with Gasteiger partial charge in [-0.2, -0.15) is 0 Å². The Morgan fingerprint density at radius 1 is 1.15 bits per heavy atom. The van der Waals surface area contributed by atoms with Crippen LogP contribution in [0.15, 0.2) is 65.6 Å². The van der Waals surface area contributed by atoms with Gasteiger partial charge in [-0.3, -0.25) is 9.69 Å². The van der Waals surface area contributed by atoms with Crippen LogP contribution in [-0.2, 0) is 4.79 Å². The number of carbonyl (C=O) groups is 2. The molecule has 1 fully saturated rings. The first-order chi connectivity index (χ1) is 12.5. The molecule has 0 aliphatic carbocycles. The molecule has 7 heteroatoms. The number of aromatic hydroxyl groups is 1. The van der Waals surface area contributed by atoms with E-state index in [1.54, 1.807) is 12.2 Å². The maximum absolute atomic E-state index is 12.6. The lowest BCUT2D eigenvalue weighted by atomic mass is 10.1. The van der Waals surface area contributed by atoms with Crippen molar-refractivity contribution in [2.45, 2.75) is 0 Å². The number of benzene rings is 2. The Balaban J connectivity index is 1.83. The molecule has 1 aliphatic heterocycles. The zero-order valence-electron chi connectivity index (χ0n) is 13.3. The van der Waals surface area contributed by atoms with Crippen molar-refractivity contribution in [1.82, 2.24) is 0 Å². The molecule has 1 aliphatic rings. The van der Waals surface area contributed by atoms with Crippen molar-refractivity contribution < 1.29 is 19.8 Å². The monoisotopic (exact) mass is 383 g/mol. The van der Waals surface area contributed by atoms with Crippen molar-refractivity contribution in [3.63, 3.8) is 0 Å². The Morgan fingerprint density at radius 2 is 1.88 bits per heavy atom. The van der Waals surface area contributed by atoms with Gasteiger partial charge >= 0.3 is 5.97 Å². The lowest BCUT2D eigenvalue weighted by molar-refractivity contribution is -0.113. The summed E-state index contributed by atoms with van der Waals surface area (Å²) in [5.74, 6) is -1.98. The third kappa shape index (κ3) is 3.68. The number of allylic oxidation sites excluding steroid dienone is 2. The average Bonchev–Trinajstić information content (AvgIpc) is 2.89. The zero-order chi connectivity index (χ0) is 18.7. The Kier molecular flexibility index (Phi) is 5.20. The fraction of sp³-hybridized carbons (Fsp3) is 0. The van der Waals surface area contributed by atoms with Gasteiger partial charge in [0, 0.05) is 6.07 Å². The first kappa shape index (κ1) is 17.9. The number of hydrogen-bond acceptors (Lipinski definition) is 5.